The number of benzene rings is 2. The standard InChI is InChI=1S/C31H28N6O3/c32-29-25(19-38)27(21-13-15-36(16-14-21)31(40)28(39)22-9-5-2-6-10-22)35-30-24(18-34-37(29)30)23-11-12-26(33-17-23)20-7-3-1-4-8-20/h1-12,17-19,21,28,39H,13-16,32H2/t28-/m1/s1. The van der Waals surface area contributed by atoms with E-state index >= 15 is 0 Å². The Bertz CT molecular complexity index is 1660. The molecular formula is C31H28N6O3. The summed E-state index contributed by atoms with van der Waals surface area (Å²) in [6.45, 7) is 0.880. The van der Waals surface area contributed by atoms with Crippen LogP contribution in [-0.4, -0.2) is 54.9 Å². The zero-order chi connectivity index (χ0) is 27.6. The van der Waals surface area contributed by atoms with Crippen LogP contribution in [0.3, 0.4) is 0 Å². The van der Waals surface area contributed by atoms with Crippen molar-refractivity contribution in [3.63, 3.8) is 0 Å². The van der Waals surface area contributed by atoms with E-state index in [4.69, 9.17) is 10.7 Å². The van der Waals surface area contributed by atoms with Crippen LogP contribution in [-0.2, 0) is 4.79 Å². The minimum Gasteiger partial charge on any atom is -0.383 e. The fraction of sp³-hybridized carbons (Fsp3) is 0.194. The van der Waals surface area contributed by atoms with Crippen molar-refractivity contribution in [2.75, 3.05) is 18.8 Å². The van der Waals surface area contributed by atoms with Crippen molar-refractivity contribution in [3.05, 3.63) is 102 Å². The summed E-state index contributed by atoms with van der Waals surface area (Å²) in [7, 11) is 0. The van der Waals surface area contributed by atoms with E-state index in [2.05, 4.69) is 10.1 Å². The van der Waals surface area contributed by atoms with Crippen molar-refractivity contribution in [2.45, 2.75) is 24.9 Å². The number of pyridine rings is 1. The molecule has 1 atom stereocenters. The van der Waals surface area contributed by atoms with Gasteiger partial charge in [0.1, 0.15) is 5.82 Å². The average molecular weight is 533 g/mol. The lowest BCUT2D eigenvalue weighted by molar-refractivity contribution is -0.141. The number of hydrogen-bond donors (Lipinski definition) is 2. The molecule has 1 amide bonds. The number of likely N-dealkylation sites (tertiary alicyclic amines) is 1. The van der Waals surface area contributed by atoms with Gasteiger partial charge in [-0.15, -0.1) is 0 Å². The van der Waals surface area contributed by atoms with Gasteiger partial charge < -0.3 is 15.7 Å². The molecule has 6 rings (SSSR count). The highest BCUT2D eigenvalue weighted by Gasteiger charge is 2.31. The number of anilines is 1. The van der Waals surface area contributed by atoms with Gasteiger partial charge in [0.2, 0.25) is 0 Å². The van der Waals surface area contributed by atoms with Gasteiger partial charge in [0, 0.05) is 41.9 Å². The topological polar surface area (TPSA) is 127 Å². The van der Waals surface area contributed by atoms with Crippen molar-refractivity contribution < 1.29 is 14.7 Å². The van der Waals surface area contributed by atoms with Gasteiger partial charge >= 0.3 is 0 Å². The molecule has 1 aliphatic heterocycles. The molecule has 9 nitrogen and oxygen atoms in total. The van der Waals surface area contributed by atoms with E-state index in [0.717, 1.165) is 28.7 Å². The first-order valence-electron chi connectivity index (χ1n) is 13.2. The lowest BCUT2D eigenvalue weighted by Gasteiger charge is -2.33. The first kappa shape index (κ1) is 25.4. The summed E-state index contributed by atoms with van der Waals surface area (Å²) >= 11 is 0. The number of piperidine rings is 1. The second kappa shape index (κ2) is 10.7. The summed E-state index contributed by atoms with van der Waals surface area (Å²) in [4.78, 5) is 36.3. The van der Waals surface area contributed by atoms with Crippen molar-refractivity contribution >= 4 is 23.7 Å². The summed E-state index contributed by atoms with van der Waals surface area (Å²) in [5, 5.41) is 15.0. The van der Waals surface area contributed by atoms with E-state index in [-0.39, 0.29) is 17.6 Å². The Morgan fingerprint density at radius 3 is 2.30 bits per heavy atom. The molecule has 0 unspecified atom stereocenters. The maximum Gasteiger partial charge on any atom is 0.256 e. The van der Waals surface area contributed by atoms with Gasteiger partial charge in [0.15, 0.2) is 18.0 Å². The Kier molecular flexibility index (Phi) is 6.79. The zero-order valence-electron chi connectivity index (χ0n) is 21.7. The number of carbonyl (C=O) groups is 2. The third kappa shape index (κ3) is 4.60. The number of aromatic nitrogens is 4. The van der Waals surface area contributed by atoms with Crippen LogP contribution < -0.4 is 5.73 Å². The summed E-state index contributed by atoms with van der Waals surface area (Å²) in [5.74, 6) is -0.174. The SMILES string of the molecule is Nc1c(C=O)c(C2CCN(C(=O)[C@H](O)c3ccccc3)CC2)nc2c(-c3ccc(-c4ccccc4)nc3)cnn12. The number of aliphatic hydroxyl groups excluding tert-OH is 1. The number of rotatable bonds is 6. The third-order valence-corrected chi connectivity index (χ3v) is 7.55. The summed E-state index contributed by atoms with van der Waals surface area (Å²) in [5.41, 5.74) is 11.9. The lowest BCUT2D eigenvalue weighted by Crippen LogP contribution is -2.41. The second-order valence-corrected chi connectivity index (χ2v) is 9.92. The number of carbonyl (C=O) groups excluding carboxylic acids is 2. The first-order valence-corrected chi connectivity index (χ1v) is 13.2. The van der Waals surface area contributed by atoms with E-state index in [1.54, 1.807) is 41.6 Å². The molecule has 0 bridgehead atoms. The quantitative estimate of drug-likeness (QED) is 0.312. The van der Waals surface area contributed by atoms with Gasteiger partial charge in [-0.2, -0.15) is 9.61 Å². The van der Waals surface area contributed by atoms with Crippen molar-refractivity contribution in [2.24, 2.45) is 0 Å². The van der Waals surface area contributed by atoms with Gasteiger partial charge in [-0.3, -0.25) is 14.6 Å². The van der Waals surface area contributed by atoms with Crippen LogP contribution in [0.5, 0.6) is 0 Å². The van der Waals surface area contributed by atoms with Gasteiger partial charge in [-0.1, -0.05) is 66.7 Å². The van der Waals surface area contributed by atoms with Crippen LogP contribution in [0, 0.1) is 0 Å². The molecule has 0 spiro atoms. The highest BCUT2D eigenvalue weighted by molar-refractivity contribution is 5.87. The largest absolute Gasteiger partial charge is 0.383 e. The molecule has 2 aromatic carbocycles. The Hall–Kier alpha value is -4.89. The fourth-order valence-corrected chi connectivity index (χ4v) is 5.34. The molecule has 1 fully saturated rings. The van der Waals surface area contributed by atoms with Gasteiger partial charge in [-0.25, -0.2) is 4.98 Å². The molecule has 1 saturated heterocycles. The van der Waals surface area contributed by atoms with E-state index in [9.17, 15) is 14.7 Å². The Morgan fingerprint density at radius 2 is 1.65 bits per heavy atom. The highest BCUT2D eigenvalue weighted by atomic mass is 16.3. The molecule has 1 aliphatic rings. The van der Waals surface area contributed by atoms with Crippen LogP contribution >= 0.6 is 0 Å². The van der Waals surface area contributed by atoms with Crippen molar-refractivity contribution in [3.8, 4) is 22.4 Å². The smallest absolute Gasteiger partial charge is 0.256 e. The molecular weight excluding hydrogens is 504 g/mol. The van der Waals surface area contributed by atoms with Crippen LogP contribution in [0.1, 0.15) is 46.5 Å². The molecule has 40 heavy (non-hydrogen) atoms. The van der Waals surface area contributed by atoms with Crippen molar-refractivity contribution in [1.82, 2.24) is 24.5 Å². The molecule has 9 heteroatoms. The number of nitrogens with two attached hydrogens (primary N) is 1. The second-order valence-electron chi connectivity index (χ2n) is 9.92. The van der Waals surface area contributed by atoms with E-state index < -0.39 is 6.10 Å². The monoisotopic (exact) mass is 532 g/mol. The summed E-state index contributed by atoms with van der Waals surface area (Å²) in [6, 6.07) is 22.8. The Morgan fingerprint density at radius 1 is 0.950 bits per heavy atom. The predicted octanol–water partition coefficient (Wildman–Crippen LogP) is 4.29. The number of hydrogen-bond acceptors (Lipinski definition) is 7. The number of amides is 1. The molecule has 0 aliphatic carbocycles. The minimum atomic E-state index is -1.20. The number of fused-ring (bicyclic) bond motifs is 1. The zero-order valence-corrected chi connectivity index (χ0v) is 21.7. The maximum absolute atomic E-state index is 12.9. The van der Waals surface area contributed by atoms with E-state index in [1.165, 1.54) is 4.52 Å². The lowest BCUT2D eigenvalue weighted by atomic mass is 9.90. The predicted molar refractivity (Wildman–Crippen MR) is 151 cm³/mol. The van der Waals surface area contributed by atoms with Gasteiger partial charge in [0.05, 0.1) is 23.1 Å². The molecule has 0 saturated carbocycles. The molecule has 0 radical (unpaired) electrons. The van der Waals surface area contributed by atoms with Gasteiger partial charge in [0.25, 0.3) is 5.91 Å². The molecule has 4 heterocycles. The van der Waals surface area contributed by atoms with Crippen molar-refractivity contribution in [1.29, 1.82) is 0 Å². The number of nitrogens with zero attached hydrogens (tertiary/aromatic N) is 5. The van der Waals surface area contributed by atoms with Crippen LogP contribution in [0.2, 0.25) is 0 Å². The fourth-order valence-electron chi connectivity index (χ4n) is 5.34. The van der Waals surface area contributed by atoms with E-state index in [0.29, 0.717) is 48.4 Å². The average Bonchev–Trinajstić information content (AvgIpc) is 3.46. The number of nitrogen functional groups attached to an aromatic ring is 1. The van der Waals surface area contributed by atoms with Crippen LogP contribution in [0.15, 0.2) is 85.2 Å². The molecule has 5 aromatic rings. The highest BCUT2D eigenvalue weighted by Crippen LogP contribution is 2.34. The van der Waals surface area contributed by atoms with Gasteiger partial charge in [-0.05, 0) is 24.5 Å². The van der Waals surface area contributed by atoms with E-state index in [1.807, 2.05) is 48.5 Å². The summed E-state index contributed by atoms with van der Waals surface area (Å²) < 4.78 is 1.49. The Labute approximate surface area is 230 Å². The molecule has 3 N–H and O–H groups in total. The third-order valence-electron chi connectivity index (χ3n) is 7.55. The molecule has 200 valence electrons. The minimum absolute atomic E-state index is 0.0771. The summed E-state index contributed by atoms with van der Waals surface area (Å²) in [6.07, 6.45) is 4.17. The van der Waals surface area contributed by atoms with Crippen LogP contribution in [0.25, 0.3) is 28.0 Å². The Balaban J connectivity index is 1.27. The number of aldehydes is 1. The number of aliphatic hydroxyl groups is 1. The van der Waals surface area contributed by atoms with Crippen LogP contribution in [0.4, 0.5) is 5.82 Å². The molecule has 3 aromatic heterocycles. The maximum atomic E-state index is 12.9. The first-order chi connectivity index (χ1) is 19.5. The normalized spacial score (nSPS) is 14.8.